The molecule has 0 bridgehead atoms. The molecule has 0 heterocycles. The molecule has 0 aliphatic heterocycles. The molecule has 8 heteroatoms. The number of esters is 2. The van der Waals surface area contributed by atoms with Gasteiger partial charge in [0.25, 0.3) is 0 Å². The Morgan fingerprint density at radius 2 is 0.966 bits per heavy atom. The first-order chi connectivity index (χ1) is 28.1. The summed E-state index contributed by atoms with van der Waals surface area (Å²) in [5.74, 6) is -1.48. The molecular weight excluding hydrogens is 727 g/mol. The number of carboxylic acids is 1. The molecule has 0 aliphatic carbocycles. The van der Waals surface area contributed by atoms with E-state index in [1.54, 1.807) is 0 Å². The fourth-order valence-corrected chi connectivity index (χ4v) is 7.15. The zero-order valence-electron chi connectivity index (χ0n) is 38.5. The van der Waals surface area contributed by atoms with E-state index in [0.717, 1.165) is 64.2 Å². The van der Waals surface area contributed by atoms with Crippen molar-refractivity contribution in [2.75, 3.05) is 41.0 Å². The first kappa shape index (κ1) is 55.5. The lowest BCUT2D eigenvalue weighted by Gasteiger charge is -2.31. The smallest absolute Gasteiger partial charge is 0.362 e. The van der Waals surface area contributed by atoms with E-state index < -0.39 is 18.1 Å². The van der Waals surface area contributed by atoms with Crippen molar-refractivity contribution >= 4 is 17.9 Å². The maximum absolute atomic E-state index is 12.7. The number of carbonyl (C=O) groups excluding carboxylic acids is 2. The quantitative estimate of drug-likeness (QED) is 0.0283. The summed E-state index contributed by atoms with van der Waals surface area (Å²) in [6.07, 6.45) is 47.7. The lowest BCUT2D eigenvalue weighted by molar-refractivity contribution is -0.887. The predicted octanol–water partition coefficient (Wildman–Crippen LogP) is 13.4. The standard InChI is InChI=1S/C50H91NO7/c1-6-8-10-12-14-16-18-20-21-22-23-24-25-26-27-29-30-32-34-36-38-40-48(52)57-45-46(44-56-43-42-47(50(54)55)51(3,4)5)58-49(53)41-39-37-35-33-31-28-19-17-15-13-11-9-7-2/h9,11,13,15,17,19,46-47H,6-8,10,12,14,16,18,20-45H2,1-5H3/p+1/b11-9+,15-13+,19-17+. The normalized spacial score (nSPS) is 13.2. The molecular formula is C50H92NO7+. The number of allylic oxidation sites excluding steroid dienone is 6. The Balaban J connectivity index is 4.21. The zero-order valence-corrected chi connectivity index (χ0v) is 38.5. The summed E-state index contributed by atoms with van der Waals surface area (Å²) in [5, 5.41) is 9.63. The van der Waals surface area contributed by atoms with Gasteiger partial charge in [0.1, 0.15) is 6.61 Å². The molecule has 0 aromatic rings. The number of hydrogen-bond acceptors (Lipinski definition) is 6. The SMILES string of the molecule is CC/C=C/C=C/C=C/CCCCCCCC(=O)OC(COCCC(C(=O)O)[N+](C)(C)C)COC(=O)CCCCCCCCCCCCCCCCCCCCCCC. The summed E-state index contributed by atoms with van der Waals surface area (Å²) in [7, 11) is 5.52. The van der Waals surface area contributed by atoms with E-state index in [4.69, 9.17) is 14.2 Å². The summed E-state index contributed by atoms with van der Waals surface area (Å²) in [6, 6.07) is -0.617. The van der Waals surface area contributed by atoms with Gasteiger partial charge >= 0.3 is 17.9 Å². The Labute approximate surface area is 357 Å². The second kappa shape index (κ2) is 41.3. The van der Waals surface area contributed by atoms with Crippen LogP contribution in [0.5, 0.6) is 0 Å². The molecule has 0 fully saturated rings. The van der Waals surface area contributed by atoms with Crippen LogP contribution in [0, 0.1) is 0 Å². The Morgan fingerprint density at radius 3 is 1.41 bits per heavy atom. The monoisotopic (exact) mass is 819 g/mol. The largest absolute Gasteiger partial charge is 0.477 e. The molecule has 8 nitrogen and oxygen atoms in total. The lowest BCUT2D eigenvalue weighted by Crippen LogP contribution is -2.50. The van der Waals surface area contributed by atoms with E-state index in [2.05, 4.69) is 44.2 Å². The molecule has 0 aromatic carbocycles. The van der Waals surface area contributed by atoms with Gasteiger partial charge in [0, 0.05) is 19.3 Å². The lowest BCUT2D eigenvalue weighted by atomic mass is 10.0. The molecule has 1 N–H and O–H groups in total. The second-order valence-electron chi connectivity index (χ2n) is 17.4. The van der Waals surface area contributed by atoms with Gasteiger partial charge in [0.2, 0.25) is 0 Å². The molecule has 0 amide bonds. The van der Waals surface area contributed by atoms with Crippen LogP contribution in [-0.2, 0) is 28.6 Å². The van der Waals surface area contributed by atoms with Gasteiger partial charge in [0.15, 0.2) is 12.1 Å². The summed E-state index contributed by atoms with van der Waals surface area (Å²) < 4.78 is 17.3. The van der Waals surface area contributed by atoms with Crippen LogP contribution >= 0.6 is 0 Å². The summed E-state index contributed by atoms with van der Waals surface area (Å²) in [5.41, 5.74) is 0. The summed E-state index contributed by atoms with van der Waals surface area (Å²) in [6.45, 7) is 4.61. The van der Waals surface area contributed by atoms with Crippen LogP contribution in [0.1, 0.15) is 213 Å². The second-order valence-corrected chi connectivity index (χ2v) is 17.4. The van der Waals surface area contributed by atoms with Crippen molar-refractivity contribution < 1.29 is 38.2 Å². The van der Waals surface area contributed by atoms with E-state index in [-0.39, 0.29) is 36.2 Å². The maximum Gasteiger partial charge on any atom is 0.362 e. The average molecular weight is 819 g/mol. The number of nitrogens with zero attached hydrogens (tertiary/aromatic N) is 1. The van der Waals surface area contributed by atoms with Crippen molar-refractivity contribution in [2.24, 2.45) is 0 Å². The predicted molar refractivity (Wildman–Crippen MR) is 243 cm³/mol. The van der Waals surface area contributed by atoms with Gasteiger partial charge in [-0.2, -0.15) is 0 Å². The van der Waals surface area contributed by atoms with Crippen molar-refractivity contribution in [1.29, 1.82) is 0 Å². The van der Waals surface area contributed by atoms with Gasteiger partial charge in [-0.25, -0.2) is 4.79 Å². The van der Waals surface area contributed by atoms with Gasteiger partial charge < -0.3 is 23.8 Å². The Kier molecular flexibility index (Phi) is 39.5. The molecule has 0 aliphatic rings. The highest BCUT2D eigenvalue weighted by Gasteiger charge is 2.31. The topological polar surface area (TPSA) is 99.1 Å². The average Bonchev–Trinajstić information content (AvgIpc) is 3.18. The summed E-state index contributed by atoms with van der Waals surface area (Å²) >= 11 is 0. The molecule has 2 atom stereocenters. The number of likely N-dealkylation sites (N-methyl/N-ethyl adjacent to an activating group) is 1. The molecule has 0 saturated carbocycles. The number of aliphatic carboxylic acids is 1. The van der Waals surface area contributed by atoms with Crippen LogP contribution in [0.2, 0.25) is 0 Å². The highest BCUT2D eigenvalue weighted by molar-refractivity contribution is 5.72. The van der Waals surface area contributed by atoms with Gasteiger partial charge in [-0.3, -0.25) is 9.59 Å². The van der Waals surface area contributed by atoms with Gasteiger partial charge in [0.05, 0.1) is 34.4 Å². The maximum atomic E-state index is 12.7. The van der Waals surface area contributed by atoms with Gasteiger partial charge in [-0.1, -0.05) is 198 Å². The highest BCUT2D eigenvalue weighted by Crippen LogP contribution is 2.16. The van der Waals surface area contributed by atoms with Crippen molar-refractivity contribution in [3.05, 3.63) is 36.5 Å². The number of ether oxygens (including phenoxy) is 3. The van der Waals surface area contributed by atoms with Gasteiger partial charge in [-0.05, 0) is 32.1 Å². The molecule has 0 aromatic heterocycles. The molecule has 58 heavy (non-hydrogen) atoms. The van der Waals surface area contributed by atoms with Crippen LogP contribution in [0.25, 0.3) is 0 Å². The van der Waals surface area contributed by atoms with Crippen molar-refractivity contribution in [2.45, 2.75) is 225 Å². The number of rotatable bonds is 43. The molecule has 0 spiro atoms. The molecule has 2 unspecified atom stereocenters. The third-order valence-corrected chi connectivity index (χ3v) is 10.9. The first-order valence-corrected chi connectivity index (χ1v) is 24.1. The third-order valence-electron chi connectivity index (χ3n) is 10.9. The van der Waals surface area contributed by atoms with Crippen molar-refractivity contribution in [3.8, 4) is 0 Å². The van der Waals surface area contributed by atoms with Gasteiger partial charge in [-0.15, -0.1) is 0 Å². The Bertz CT molecular complexity index is 1050. The van der Waals surface area contributed by atoms with Crippen LogP contribution < -0.4 is 0 Å². The first-order valence-electron chi connectivity index (χ1n) is 24.1. The summed E-state index contributed by atoms with van der Waals surface area (Å²) in [4.78, 5) is 37.0. The molecule has 0 radical (unpaired) electrons. The van der Waals surface area contributed by atoms with E-state index in [9.17, 15) is 19.5 Å². The minimum Gasteiger partial charge on any atom is -0.477 e. The van der Waals surface area contributed by atoms with Crippen molar-refractivity contribution in [3.63, 3.8) is 0 Å². The van der Waals surface area contributed by atoms with Crippen LogP contribution in [0.15, 0.2) is 36.5 Å². The Hall–Kier alpha value is -2.45. The highest BCUT2D eigenvalue weighted by atomic mass is 16.6. The molecule has 0 saturated heterocycles. The Morgan fingerprint density at radius 1 is 0.534 bits per heavy atom. The number of unbranched alkanes of at least 4 members (excludes halogenated alkanes) is 25. The zero-order chi connectivity index (χ0) is 42.8. The van der Waals surface area contributed by atoms with E-state index in [1.165, 1.54) is 116 Å². The number of carboxylic acid groups (broad SMARTS) is 1. The minimum absolute atomic E-state index is 0.0550. The minimum atomic E-state index is -0.877. The van der Waals surface area contributed by atoms with Crippen LogP contribution in [-0.4, -0.2) is 80.6 Å². The van der Waals surface area contributed by atoms with E-state index >= 15 is 0 Å². The van der Waals surface area contributed by atoms with Crippen molar-refractivity contribution in [1.82, 2.24) is 0 Å². The number of carbonyl (C=O) groups is 3. The van der Waals surface area contributed by atoms with Crippen LogP contribution in [0.4, 0.5) is 0 Å². The number of hydrogen-bond donors (Lipinski definition) is 1. The molecule has 0 rings (SSSR count). The molecule has 338 valence electrons. The fourth-order valence-electron chi connectivity index (χ4n) is 7.15. The fraction of sp³-hybridized carbons (Fsp3) is 0.820. The third kappa shape index (κ3) is 39.0. The van der Waals surface area contributed by atoms with E-state index in [1.807, 2.05) is 27.2 Å². The van der Waals surface area contributed by atoms with Crippen LogP contribution in [0.3, 0.4) is 0 Å². The van der Waals surface area contributed by atoms with E-state index in [0.29, 0.717) is 19.3 Å². The number of quaternary nitrogens is 1.